The maximum Gasteiger partial charge on any atom is 0.314 e. The van der Waals surface area contributed by atoms with E-state index in [9.17, 15) is 9.59 Å². The number of ether oxygens (including phenoxy) is 2. The lowest BCUT2D eigenvalue weighted by molar-refractivity contribution is -0.147. The van der Waals surface area contributed by atoms with E-state index in [-0.39, 0.29) is 31.1 Å². The van der Waals surface area contributed by atoms with Crippen molar-refractivity contribution in [3.05, 3.63) is 0 Å². The highest BCUT2D eigenvalue weighted by Crippen LogP contribution is 1.91. The van der Waals surface area contributed by atoms with Crippen LogP contribution < -0.4 is 10.6 Å². The molecule has 0 aromatic carbocycles. The monoisotopic (exact) mass is 246 g/mol. The average Bonchev–Trinajstić information content (AvgIpc) is 2.23. The molecule has 0 aromatic rings. The van der Waals surface area contributed by atoms with Gasteiger partial charge in [-0.25, -0.2) is 4.79 Å². The van der Waals surface area contributed by atoms with Crippen LogP contribution in [0.25, 0.3) is 0 Å². The summed E-state index contributed by atoms with van der Waals surface area (Å²) in [7, 11) is 1.61. The van der Waals surface area contributed by atoms with Crippen LogP contribution in [0.3, 0.4) is 0 Å². The molecule has 0 aromatic heterocycles. The van der Waals surface area contributed by atoms with E-state index in [2.05, 4.69) is 10.6 Å². The molecule has 0 radical (unpaired) electrons. The van der Waals surface area contributed by atoms with Gasteiger partial charge >= 0.3 is 12.0 Å². The van der Waals surface area contributed by atoms with Crippen LogP contribution in [-0.4, -0.2) is 44.9 Å². The number of rotatable bonds is 8. The van der Waals surface area contributed by atoms with Crippen LogP contribution in [0.1, 0.15) is 26.7 Å². The fourth-order valence-corrected chi connectivity index (χ4v) is 1.08. The second kappa shape index (κ2) is 9.89. The van der Waals surface area contributed by atoms with Crippen molar-refractivity contribution in [1.29, 1.82) is 0 Å². The Hall–Kier alpha value is -1.30. The van der Waals surface area contributed by atoms with E-state index in [1.54, 1.807) is 21.0 Å². The highest BCUT2D eigenvalue weighted by Gasteiger charge is 2.06. The second-order valence-electron chi connectivity index (χ2n) is 3.82. The summed E-state index contributed by atoms with van der Waals surface area (Å²) in [6.45, 7) is 5.01. The summed E-state index contributed by atoms with van der Waals surface area (Å²) in [5.74, 6) is -0.306. The van der Waals surface area contributed by atoms with E-state index in [0.29, 0.717) is 13.2 Å². The molecule has 17 heavy (non-hydrogen) atoms. The zero-order valence-corrected chi connectivity index (χ0v) is 10.7. The Morgan fingerprint density at radius 3 is 2.41 bits per heavy atom. The van der Waals surface area contributed by atoms with Gasteiger partial charge in [-0.1, -0.05) is 0 Å². The molecule has 2 N–H and O–H groups in total. The third-order valence-electron chi connectivity index (χ3n) is 1.79. The van der Waals surface area contributed by atoms with Gasteiger partial charge in [0.15, 0.2) is 0 Å². The Kier molecular flexibility index (Phi) is 9.14. The van der Waals surface area contributed by atoms with Gasteiger partial charge < -0.3 is 20.1 Å². The topological polar surface area (TPSA) is 76.7 Å². The summed E-state index contributed by atoms with van der Waals surface area (Å²) in [4.78, 5) is 22.3. The van der Waals surface area contributed by atoms with Crippen molar-refractivity contribution in [2.75, 3.05) is 26.8 Å². The van der Waals surface area contributed by atoms with Crippen molar-refractivity contribution in [2.45, 2.75) is 32.8 Å². The maximum atomic E-state index is 11.2. The molecule has 0 aliphatic heterocycles. The van der Waals surface area contributed by atoms with Crippen molar-refractivity contribution in [1.82, 2.24) is 10.6 Å². The van der Waals surface area contributed by atoms with E-state index >= 15 is 0 Å². The first-order valence-electron chi connectivity index (χ1n) is 5.76. The van der Waals surface area contributed by atoms with Crippen molar-refractivity contribution >= 4 is 12.0 Å². The van der Waals surface area contributed by atoms with Crippen LogP contribution in [0.4, 0.5) is 4.79 Å². The number of hydrogen-bond donors (Lipinski definition) is 2. The third kappa shape index (κ3) is 11.0. The number of amides is 2. The van der Waals surface area contributed by atoms with Crippen LogP contribution in [0, 0.1) is 0 Å². The zero-order valence-electron chi connectivity index (χ0n) is 10.7. The molecule has 0 bridgehead atoms. The van der Waals surface area contributed by atoms with Crippen molar-refractivity contribution in [3.63, 3.8) is 0 Å². The Bertz CT molecular complexity index is 232. The number of carbonyl (C=O) groups is 2. The number of esters is 1. The van der Waals surface area contributed by atoms with Crippen LogP contribution >= 0.6 is 0 Å². The number of methoxy groups -OCH3 is 1. The van der Waals surface area contributed by atoms with Crippen LogP contribution in [0.5, 0.6) is 0 Å². The minimum Gasteiger partial charge on any atom is -0.463 e. The lowest BCUT2D eigenvalue weighted by Gasteiger charge is -2.09. The zero-order chi connectivity index (χ0) is 13.1. The molecule has 0 fully saturated rings. The van der Waals surface area contributed by atoms with Gasteiger partial charge in [0.1, 0.15) is 0 Å². The number of urea groups is 1. The van der Waals surface area contributed by atoms with Crippen LogP contribution in [0.15, 0.2) is 0 Å². The minimum atomic E-state index is -0.306. The molecule has 0 spiro atoms. The molecule has 0 saturated carbocycles. The van der Waals surface area contributed by atoms with E-state index in [0.717, 1.165) is 6.42 Å². The second-order valence-corrected chi connectivity index (χ2v) is 3.82. The van der Waals surface area contributed by atoms with E-state index in [1.807, 2.05) is 0 Å². The Labute approximate surface area is 102 Å². The normalized spacial score (nSPS) is 10.1. The van der Waals surface area contributed by atoms with E-state index in [4.69, 9.17) is 9.47 Å². The predicted molar refractivity (Wildman–Crippen MR) is 63.7 cm³/mol. The SMILES string of the molecule is COCCCNC(=O)NCCC(=O)OC(C)C. The smallest absolute Gasteiger partial charge is 0.314 e. The summed E-state index contributed by atoms with van der Waals surface area (Å²) < 4.78 is 9.76. The van der Waals surface area contributed by atoms with Crippen molar-refractivity contribution in [3.8, 4) is 0 Å². The van der Waals surface area contributed by atoms with Gasteiger partial charge in [0.05, 0.1) is 12.5 Å². The summed E-state index contributed by atoms with van der Waals surface area (Å²) in [5.41, 5.74) is 0. The fourth-order valence-electron chi connectivity index (χ4n) is 1.08. The molecule has 2 amide bonds. The Balaban J connectivity index is 3.41. The molecule has 100 valence electrons. The number of nitrogens with one attached hydrogen (secondary N) is 2. The van der Waals surface area contributed by atoms with Gasteiger partial charge in [0.25, 0.3) is 0 Å². The first-order chi connectivity index (χ1) is 8.06. The van der Waals surface area contributed by atoms with Gasteiger partial charge in [-0.05, 0) is 20.3 Å². The third-order valence-corrected chi connectivity index (χ3v) is 1.79. The minimum absolute atomic E-state index is 0.120. The fraction of sp³-hybridized carbons (Fsp3) is 0.818. The molecular formula is C11H22N2O4. The Morgan fingerprint density at radius 1 is 1.18 bits per heavy atom. The molecule has 0 heterocycles. The maximum absolute atomic E-state index is 11.2. The highest BCUT2D eigenvalue weighted by atomic mass is 16.5. The number of carbonyl (C=O) groups excluding carboxylic acids is 2. The van der Waals surface area contributed by atoms with Gasteiger partial charge in [-0.2, -0.15) is 0 Å². The summed E-state index contributed by atoms with van der Waals surface area (Å²) >= 11 is 0. The lowest BCUT2D eigenvalue weighted by atomic mass is 10.4. The quantitative estimate of drug-likeness (QED) is 0.487. The molecule has 6 heteroatoms. The molecule has 0 unspecified atom stereocenters. The molecule has 0 aliphatic carbocycles. The lowest BCUT2D eigenvalue weighted by Crippen LogP contribution is -2.37. The summed E-state index contributed by atoms with van der Waals surface area (Å²) in [6, 6.07) is -0.279. The first kappa shape index (κ1) is 15.7. The van der Waals surface area contributed by atoms with Gasteiger partial charge in [-0.3, -0.25) is 4.79 Å². The highest BCUT2D eigenvalue weighted by molar-refractivity contribution is 5.75. The van der Waals surface area contributed by atoms with Gasteiger partial charge in [0, 0.05) is 26.8 Å². The van der Waals surface area contributed by atoms with Crippen LogP contribution in [0.2, 0.25) is 0 Å². The van der Waals surface area contributed by atoms with Crippen molar-refractivity contribution < 1.29 is 19.1 Å². The molecule has 0 saturated heterocycles. The average molecular weight is 246 g/mol. The van der Waals surface area contributed by atoms with Gasteiger partial charge in [-0.15, -0.1) is 0 Å². The predicted octanol–water partition coefficient (Wildman–Crippen LogP) is 0.664. The molecule has 0 atom stereocenters. The summed E-state index contributed by atoms with van der Waals surface area (Å²) in [5, 5.41) is 5.22. The largest absolute Gasteiger partial charge is 0.463 e. The molecular weight excluding hydrogens is 224 g/mol. The Morgan fingerprint density at radius 2 is 1.82 bits per heavy atom. The van der Waals surface area contributed by atoms with E-state index < -0.39 is 0 Å². The number of hydrogen-bond acceptors (Lipinski definition) is 4. The molecule has 0 rings (SSSR count). The first-order valence-corrected chi connectivity index (χ1v) is 5.76. The molecule has 6 nitrogen and oxygen atoms in total. The van der Waals surface area contributed by atoms with Gasteiger partial charge in [0.2, 0.25) is 0 Å². The summed E-state index contributed by atoms with van der Waals surface area (Å²) in [6.07, 6.45) is 0.827. The van der Waals surface area contributed by atoms with Crippen LogP contribution in [-0.2, 0) is 14.3 Å². The van der Waals surface area contributed by atoms with E-state index in [1.165, 1.54) is 0 Å². The molecule has 0 aliphatic rings. The standard InChI is InChI=1S/C11H22N2O4/c1-9(2)17-10(14)5-7-13-11(15)12-6-4-8-16-3/h9H,4-8H2,1-3H3,(H2,12,13,15). The van der Waals surface area contributed by atoms with Crippen molar-refractivity contribution in [2.24, 2.45) is 0 Å².